The average Bonchev–Trinajstić information content (AvgIpc) is 2.57. The van der Waals surface area contributed by atoms with E-state index < -0.39 is 57.1 Å². The van der Waals surface area contributed by atoms with Crippen LogP contribution in [0.15, 0.2) is 24.3 Å². The van der Waals surface area contributed by atoms with Gasteiger partial charge in [-0.2, -0.15) is 0 Å². The summed E-state index contributed by atoms with van der Waals surface area (Å²) in [5.74, 6) is -12.1. The van der Waals surface area contributed by atoms with E-state index in [4.69, 9.17) is 0 Å². The second-order valence-corrected chi connectivity index (χ2v) is 7.53. The first-order valence-electron chi connectivity index (χ1n) is 6.95. The van der Waals surface area contributed by atoms with E-state index in [-0.39, 0.29) is 11.3 Å². The first-order chi connectivity index (χ1) is 12.0. The zero-order valence-electron chi connectivity index (χ0n) is 13.2. The highest BCUT2D eigenvalue weighted by Crippen LogP contribution is 2.24. The molecule has 0 aliphatic carbocycles. The second kappa shape index (κ2) is 7.40. The third-order valence-electron chi connectivity index (χ3n) is 3.27. The number of hydrogen-bond acceptors (Lipinski definition) is 4. The molecule has 0 N–H and O–H groups in total. The van der Waals surface area contributed by atoms with Crippen molar-refractivity contribution >= 4 is 15.8 Å². The molecule has 2 aromatic rings. The fourth-order valence-electron chi connectivity index (χ4n) is 2.04. The Bertz CT molecular complexity index is 927. The molecule has 0 aliphatic heterocycles. The molecule has 2 aromatic carbocycles. The van der Waals surface area contributed by atoms with Crippen LogP contribution < -0.4 is 0 Å². The Hall–Kier alpha value is -2.49. The maximum Gasteiger partial charge on any atom is 0.338 e. The van der Waals surface area contributed by atoms with Crippen LogP contribution in [0.4, 0.5) is 22.0 Å². The highest BCUT2D eigenvalue weighted by Gasteiger charge is 2.26. The summed E-state index contributed by atoms with van der Waals surface area (Å²) in [6.07, 6.45) is 1.03. The monoisotopic (exact) mass is 394 g/mol. The van der Waals surface area contributed by atoms with Crippen LogP contribution in [0.5, 0.6) is 0 Å². The summed E-state index contributed by atoms with van der Waals surface area (Å²) in [5, 5.41) is 0. The van der Waals surface area contributed by atoms with Gasteiger partial charge in [0.25, 0.3) is 0 Å². The topological polar surface area (TPSA) is 60.4 Å². The number of esters is 1. The quantitative estimate of drug-likeness (QED) is 0.338. The number of carbonyl (C=O) groups is 1. The summed E-state index contributed by atoms with van der Waals surface area (Å²) in [6, 6.07) is 5.08. The Morgan fingerprint density at radius 2 is 1.35 bits per heavy atom. The van der Waals surface area contributed by atoms with Crippen molar-refractivity contribution in [1.82, 2.24) is 0 Å². The van der Waals surface area contributed by atoms with Gasteiger partial charge in [0, 0.05) is 6.26 Å². The maximum absolute atomic E-state index is 13.5. The summed E-state index contributed by atoms with van der Waals surface area (Å²) >= 11 is 0. The van der Waals surface area contributed by atoms with Crippen LogP contribution >= 0.6 is 0 Å². The molecule has 0 aromatic heterocycles. The summed E-state index contributed by atoms with van der Waals surface area (Å²) in [7, 11) is -3.28. The minimum absolute atomic E-state index is 0.0916. The zero-order valence-corrected chi connectivity index (χ0v) is 14.0. The fraction of sp³-hybridized carbons (Fsp3) is 0.188. The van der Waals surface area contributed by atoms with Gasteiger partial charge in [0.15, 0.2) is 33.1 Å². The van der Waals surface area contributed by atoms with Crippen LogP contribution in [0.2, 0.25) is 0 Å². The average molecular weight is 394 g/mol. The molecule has 0 amide bonds. The van der Waals surface area contributed by atoms with Crippen molar-refractivity contribution in [2.45, 2.75) is 12.4 Å². The van der Waals surface area contributed by atoms with Crippen molar-refractivity contribution in [1.29, 1.82) is 0 Å². The molecule has 0 saturated heterocycles. The Kier molecular flexibility index (Phi) is 5.65. The van der Waals surface area contributed by atoms with Crippen molar-refractivity contribution < 1.29 is 39.9 Å². The molecule has 10 heteroatoms. The lowest BCUT2D eigenvalue weighted by atomic mass is 10.1. The number of rotatable bonds is 5. The summed E-state index contributed by atoms with van der Waals surface area (Å²) in [6.45, 7) is -1.17. The van der Waals surface area contributed by atoms with E-state index in [1.165, 1.54) is 24.3 Å². The van der Waals surface area contributed by atoms with Gasteiger partial charge in [-0.3, -0.25) is 0 Å². The molecule has 0 saturated carbocycles. The minimum Gasteiger partial charge on any atom is -0.457 e. The fourth-order valence-corrected chi connectivity index (χ4v) is 2.84. The summed E-state index contributed by atoms with van der Waals surface area (Å²) in [4.78, 5) is 11.8. The van der Waals surface area contributed by atoms with Crippen molar-refractivity contribution in [2.75, 3.05) is 6.26 Å². The van der Waals surface area contributed by atoms with Gasteiger partial charge in [-0.25, -0.2) is 35.2 Å². The van der Waals surface area contributed by atoms with Gasteiger partial charge < -0.3 is 4.74 Å². The third kappa shape index (κ3) is 4.37. The van der Waals surface area contributed by atoms with E-state index in [1.54, 1.807) is 0 Å². The number of hydrogen-bond donors (Lipinski definition) is 0. The third-order valence-corrected chi connectivity index (χ3v) is 4.12. The SMILES string of the molecule is CS(=O)(=O)Cc1ccc(C(=O)OCc2c(F)c(F)c(F)c(F)c2F)cc1. The smallest absolute Gasteiger partial charge is 0.338 e. The van der Waals surface area contributed by atoms with Crippen LogP contribution in [0.3, 0.4) is 0 Å². The van der Waals surface area contributed by atoms with Crippen LogP contribution in [0.1, 0.15) is 21.5 Å². The van der Waals surface area contributed by atoms with E-state index in [2.05, 4.69) is 4.74 Å². The van der Waals surface area contributed by atoms with Crippen molar-refractivity contribution in [3.8, 4) is 0 Å². The number of halogens is 5. The molecule has 0 unspecified atom stereocenters. The normalized spacial score (nSPS) is 11.5. The van der Waals surface area contributed by atoms with Gasteiger partial charge >= 0.3 is 5.97 Å². The zero-order chi connectivity index (χ0) is 19.6. The molecule has 26 heavy (non-hydrogen) atoms. The Balaban J connectivity index is 2.15. The van der Waals surface area contributed by atoms with E-state index in [9.17, 15) is 35.2 Å². The van der Waals surface area contributed by atoms with E-state index in [1.807, 2.05) is 0 Å². The van der Waals surface area contributed by atoms with Crippen LogP contribution in [-0.2, 0) is 26.9 Å². The van der Waals surface area contributed by atoms with E-state index in [0.717, 1.165) is 6.26 Å². The van der Waals surface area contributed by atoms with Gasteiger partial charge in [-0.05, 0) is 17.7 Å². The lowest BCUT2D eigenvalue weighted by Crippen LogP contribution is -2.12. The Labute approximate surface area is 145 Å². The minimum atomic E-state index is -3.28. The Morgan fingerprint density at radius 3 is 1.81 bits per heavy atom. The number of ether oxygens (including phenoxy) is 1. The van der Waals surface area contributed by atoms with Gasteiger partial charge in [-0.15, -0.1) is 0 Å². The first-order valence-corrected chi connectivity index (χ1v) is 9.01. The van der Waals surface area contributed by atoms with Gasteiger partial charge in [0.05, 0.1) is 16.9 Å². The van der Waals surface area contributed by atoms with Gasteiger partial charge in [0.1, 0.15) is 6.61 Å². The Morgan fingerprint density at radius 1 is 0.885 bits per heavy atom. The van der Waals surface area contributed by atoms with E-state index >= 15 is 0 Å². The molecule has 0 atom stereocenters. The maximum atomic E-state index is 13.5. The molecule has 0 fully saturated rings. The molecule has 0 aliphatic rings. The van der Waals surface area contributed by atoms with Crippen molar-refractivity contribution in [3.63, 3.8) is 0 Å². The predicted octanol–water partition coefficient (Wildman–Crippen LogP) is 3.28. The predicted molar refractivity (Wildman–Crippen MR) is 80.3 cm³/mol. The highest BCUT2D eigenvalue weighted by atomic mass is 32.2. The molecule has 4 nitrogen and oxygen atoms in total. The number of carbonyl (C=O) groups excluding carboxylic acids is 1. The van der Waals surface area contributed by atoms with Crippen LogP contribution in [-0.4, -0.2) is 20.6 Å². The molecular formula is C16H11F5O4S. The molecular weight excluding hydrogens is 383 g/mol. The van der Waals surface area contributed by atoms with Crippen LogP contribution in [0.25, 0.3) is 0 Å². The van der Waals surface area contributed by atoms with Gasteiger partial charge in [-0.1, -0.05) is 12.1 Å². The molecule has 0 heterocycles. The number of sulfone groups is 1. The molecule has 0 spiro atoms. The lowest BCUT2D eigenvalue weighted by Gasteiger charge is -2.09. The molecule has 140 valence electrons. The lowest BCUT2D eigenvalue weighted by molar-refractivity contribution is 0.0462. The van der Waals surface area contributed by atoms with Gasteiger partial charge in [0.2, 0.25) is 5.82 Å². The summed E-state index contributed by atoms with van der Waals surface area (Å²) in [5.41, 5.74) is -0.974. The summed E-state index contributed by atoms with van der Waals surface area (Å²) < 4.78 is 93.0. The van der Waals surface area contributed by atoms with E-state index in [0.29, 0.717) is 5.56 Å². The van der Waals surface area contributed by atoms with Crippen LogP contribution in [0, 0.1) is 29.1 Å². The number of benzene rings is 2. The highest BCUT2D eigenvalue weighted by molar-refractivity contribution is 7.89. The molecule has 0 bridgehead atoms. The van der Waals surface area contributed by atoms with Crippen molar-refractivity contribution in [2.24, 2.45) is 0 Å². The first kappa shape index (κ1) is 19.8. The largest absolute Gasteiger partial charge is 0.457 e. The molecule has 2 rings (SSSR count). The second-order valence-electron chi connectivity index (χ2n) is 5.39. The standard InChI is InChI=1S/C16H11F5O4S/c1-26(23,24)7-8-2-4-9(5-3-8)16(22)25-6-10-11(17)13(19)15(21)14(20)12(10)18/h2-5H,6-7H2,1H3. The van der Waals surface area contributed by atoms with Crippen molar-refractivity contribution in [3.05, 3.63) is 70.0 Å². The molecule has 0 radical (unpaired) electrons.